The van der Waals surface area contributed by atoms with Crippen LogP contribution in [0.4, 0.5) is 0 Å². The van der Waals surface area contributed by atoms with Gasteiger partial charge in [-0.05, 0) is 11.6 Å². The number of aromatic amines is 1. The van der Waals surface area contributed by atoms with Gasteiger partial charge in [0.05, 0.1) is 23.3 Å². The van der Waals surface area contributed by atoms with Gasteiger partial charge in [0.1, 0.15) is 0 Å². The average molecular weight is 348 g/mol. The zero-order chi connectivity index (χ0) is 18.1. The Bertz CT molecular complexity index is 951. The number of para-hydroxylation sites is 1. The molecule has 2 N–H and O–H groups in total. The minimum Gasteiger partial charge on any atom is -0.352 e. The molecule has 1 aliphatic heterocycles. The van der Waals surface area contributed by atoms with Crippen molar-refractivity contribution in [1.29, 1.82) is 0 Å². The number of benzene rings is 2. The van der Waals surface area contributed by atoms with Gasteiger partial charge in [0, 0.05) is 31.3 Å². The molecule has 0 radical (unpaired) electrons. The second-order valence-electron chi connectivity index (χ2n) is 6.67. The maximum atomic E-state index is 12.7. The van der Waals surface area contributed by atoms with Crippen LogP contribution in [-0.2, 0) is 4.79 Å². The van der Waals surface area contributed by atoms with Gasteiger partial charge >= 0.3 is 0 Å². The summed E-state index contributed by atoms with van der Waals surface area (Å²) in [5.41, 5.74) is 2.38. The lowest BCUT2D eigenvalue weighted by molar-refractivity contribution is -0.127. The van der Waals surface area contributed by atoms with Gasteiger partial charge in [-0.15, -0.1) is 0 Å². The molecule has 0 aliphatic carbocycles. The predicted molar refractivity (Wildman–Crippen MR) is 98.5 cm³/mol. The van der Waals surface area contributed by atoms with Crippen molar-refractivity contribution < 1.29 is 9.59 Å². The van der Waals surface area contributed by atoms with E-state index in [1.165, 1.54) is 0 Å². The second kappa shape index (κ2) is 6.63. The molecule has 2 heterocycles. The number of hydrogen-bond donors (Lipinski definition) is 2. The SMILES string of the molecule is CN1C(=O)C[C@H](CNC(=O)c2cccc3cn[nH]c23)[C@H]1c1ccccc1. The zero-order valence-corrected chi connectivity index (χ0v) is 14.5. The molecule has 3 aromatic rings. The van der Waals surface area contributed by atoms with E-state index in [0.717, 1.165) is 16.5 Å². The van der Waals surface area contributed by atoms with E-state index < -0.39 is 0 Å². The van der Waals surface area contributed by atoms with Gasteiger partial charge in [-0.3, -0.25) is 14.7 Å². The van der Waals surface area contributed by atoms with Crippen molar-refractivity contribution in [1.82, 2.24) is 20.4 Å². The van der Waals surface area contributed by atoms with Gasteiger partial charge in [0.2, 0.25) is 5.91 Å². The lowest BCUT2D eigenvalue weighted by atomic mass is 9.93. The third-order valence-corrected chi connectivity index (χ3v) is 5.08. The van der Waals surface area contributed by atoms with Crippen LogP contribution in [0.2, 0.25) is 0 Å². The Labute approximate surface area is 151 Å². The summed E-state index contributed by atoms with van der Waals surface area (Å²) >= 11 is 0. The number of aromatic nitrogens is 2. The smallest absolute Gasteiger partial charge is 0.253 e. The first-order chi connectivity index (χ1) is 12.6. The van der Waals surface area contributed by atoms with Crippen molar-refractivity contribution >= 4 is 22.7 Å². The summed E-state index contributed by atoms with van der Waals surface area (Å²) in [6.45, 7) is 0.443. The standard InChI is InChI=1S/C20H20N4O2/c1-24-17(25)10-15(19(24)13-6-3-2-4-7-13)11-21-20(26)16-9-5-8-14-12-22-23-18(14)16/h2-9,12,15,19H,10-11H2,1H3,(H,21,26)(H,22,23)/t15-,19-/m1/s1. The summed E-state index contributed by atoms with van der Waals surface area (Å²) in [5.74, 6) is -0.0118. The minimum absolute atomic E-state index is 0.0213. The number of carbonyl (C=O) groups is 2. The highest BCUT2D eigenvalue weighted by Crippen LogP contribution is 2.36. The molecule has 2 amide bonds. The Kier molecular flexibility index (Phi) is 4.16. The molecule has 1 aliphatic rings. The van der Waals surface area contributed by atoms with Crippen molar-refractivity contribution in [3.63, 3.8) is 0 Å². The van der Waals surface area contributed by atoms with Crippen molar-refractivity contribution in [3.05, 3.63) is 65.9 Å². The zero-order valence-electron chi connectivity index (χ0n) is 14.5. The van der Waals surface area contributed by atoms with E-state index in [9.17, 15) is 9.59 Å². The van der Waals surface area contributed by atoms with Crippen LogP contribution in [0.15, 0.2) is 54.7 Å². The third-order valence-electron chi connectivity index (χ3n) is 5.08. The fourth-order valence-electron chi connectivity index (χ4n) is 3.76. The maximum absolute atomic E-state index is 12.7. The second-order valence-corrected chi connectivity index (χ2v) is 6.67. The largest absolute Gasteiger partial charge is 0.352 e. The van der Waals surface area contributed by atoms with E-state index in [1.807, 2.05) is 49.5 Å². The van der Waals surface area contributed by atoms with Crippen molar-refractivity contribution in [2.45, 2.75) is 12.5 Å². The summed E-state index contributed by atoms with van der Waals surface area (Å²) < 4.78 is 0. The number of rotatable bonds is 4. The lowest BCUT2D eigenvalue weighted by Crippen LogP contribution is -2.32. The summed E-state index contributed by atoms with van der Waals surface area (Å²) in [6, 6.07) is 15.5. The Morgan fingerprint density at radius 3 is 2.85 bits per heavy atom. The first kappa shape index (κ1) is 16.3. The first-order valence-corrected chi connectivity index (χ1v) is 8.66. The van der Waals surface area contributed by atoms with E-state index in [-0.39, 0.29) is 23.8 Å². The molecule has 6 nitrogen and oxygen atoms in total. The van der Waals surface area contributed by atoms with E-state index in [1.54, 1.807) is 17.2 Å². The number of carbonyl (C=O) groups excluding carboxylic acids is 2. The molecule has 2 aromatic carbocycles. The van der Waals surface area contributed by atoms with Crippen LogP contribution in [0.25, 0.3) is 10.9 Å². The number of amides is 2. The number of nitrogens with zero attached hydrogens (tertiary/aromatic N) is 2. The monoisotopic (exact) mass is 348 g/mol. The van der Waals surface area contributed by atoms with E-state index in [4.69, 9.17) is 0 Å². The topological polar surface area (TPSA) is 78.1 Å². The number of fused-ring (bicyclic) bond motifs is 1. The molecule has 0 spiro atoms. The average Bonchev–Trinajstić information content (AvgIpc) is 3.25. The summed E-state index contributed by atoms with van der Waals surface area (Å²) in [7, 11) is 1.83. The van der Waals surface area contributed by atoms with Crippen molar-refractivity contribution in [2.75, 3.05) is 13.6 Å². The molecule has 0 bridgehead atoms. The van der Waals surface area contributed by atoms with Crippen LogP contribution in [0.3, 0.4) is 0 Å². The van der Waals surface area contributed by atoms with Gasteiger partial charge in [-0.25, -0.2) is 0 Å². The molecule has 0 unspecified atom stereocenters. The summed E-state index contributed by atoms with van der Waals surface area (Å²) in [6.07, 6.45) is 2.13. The number of hydrogen-bond acceptors (Lipinski definition) is 3. The Hall–Kier alpha value is -3.15. The summed E-state index contributed by atoms with van der Waals surface area (Å²) in [4.78, 5) is 26.7. The number of likely N-dealkylation sites (tertiary alicyclic amines) is 1. The Balaban J connectivity index is 1.52. The van der Waals surface area contributed by atoms with Gasteiger partial charge in [0.15, 0.2) is 0 Å². The number of H-pyrrole nitrogens is 1. The normalized spacial score (nSPS) is 19.9. The van der Waals surface area contributed by atoms with E-state index >= 15 is 0 Å². The predicted octanol–water partition coefficient (Wildman–Crippen LogP) is 2.51. The molecule has 132 valence electrons. The first-order valence-electron chi connectivity index (χ1n) is 8.66. The molecule has 6 heteroatoms. The van der Waals surface area contributed by atoms with Crippen LogP contribution >= 0.6 is 0 Å². The molecule has 1 aromatic heterocycles. The fraction of sp³-hybridized carbons (Fsp3) is 0.250. The van der Waals surface area contributed by atoms with Crippen LogP contribution in [0.5, 0.6) is 0 Å². The van der Waals surface area contributed by atoms with Crippen LogP contribution < -0.4 is 5.32 Å². The minimum atomic E-state index is -0.159. The fourth-order valence-corrected chi connectivity index (χ4v) is 3.76. The van der Waals surface area contributed by atoms with E-state index in [0.29, 0.717) is 18.5 Å². The van der Waals surface area contributed by atoms with Gasteiger partial charge in [-0.1, -0.05) is 42.5 Å². The Morgan fingerprint density at radius 2 is 2.04 bits per heavy atom. The highest BCUT2D eigenvalue weighted by Gasteiger charge is 2.38. The molecule has 1 fully saturated rings. The molecular weight excluding hydrogens is 328 g/mol. The van der Waals surface area contributed by atoms with Gasteiger partial charge in [-0.2, -0.15) is 5.10 Å². The van der Waals surface area contributed by atoms with E-state index in [2.05, 4.69) is 15.5 Å². The maximum Gasteiger partial charge on any atom is 0.253 e. The van der Waals surface area contributed by atoms with Gasteiger partial charge in [0.25, 0.3) is 5.91 Å². The van der Waals surface area contributed by atoms with Crippen LogP contribution in [-0.4, -0.2) is 40.5 Å². The molecule has 1 saturated heterocycles. The molecule has 0 saturated carbocycles. The lowest BCUT2D eigenvalue weighted by Gasteiger charge is -2.25. The summed E-state index contributed by atoms with van der Waals surface area (Å²) in [5, 5.41) is 10.8. The number of nitrogens with one attached hydrogen (secondary N) is 2. The quantitative estimate of drug-likeness (QED) is 0.760. The molecular formula is C20H20N4O2. The van der Waals surface area contributed by atoms with Gasteiger partial charge < -0.3 is 10.2 Å². The Morgan fingerprint density at radius 1 is 1.23 bits per heavy atom. The highest BCUT2D eigenvalue weighted by atomic mass is 16.2. The highest BCUT2D eigenvalue weighted by molar-refractivity contribution is 6.05. The van der Waals surface area contributed by atoms with Crippen LogP contribution in [0.1, 0.15) is 28.4 Å². The third kappa shape index (κ3) is 2.83. The van der Waals surface area contributed by atoms with Crippen LogP contribution in [0, 0.1) is 5.92 Å². The van der Waals surface area contributed by atoms with Crippen molar-refractivity contribution in [2.24, 2.45) is 5.92 Å². The molecule has 26 heavy (non-hydrogen) atoms. The molecule has 2 atom stereocenters. The van der Waals surface area contributed by atoms with Crippen molar-refractivity contribution in [3.8, 4) is 0 Å². The molecule has 4 rings (SSSR count).